The maximum absolute atomic E-state index is 11.8. The summed E-state index contributed by atoms with van der Waals surface area (Å²) in [5, 5.41) is 11.5. The van der Waals surface area contributed by atoms with Gasteiger partial charge in [0.25, 0.3) is 0 Å². The number of pyridine rings is 1. The number of hydrogen-bond donors (Lipinski definition) is 2. The van der Waals surface area contributed by atoms with Gasteiger partial charge in [0, 0.05) is 19.3 Å². The molecule has 1 aromatic rings. The fraction of sp³-hybridized carbons (Fsp3) is 0.300. The Bertz CT molecular complexity index is 494. The number of rotatable bonds is 0. The number of fused-ring (bicyclic) bond motifs is 2. The molecule has 1 saturated heterocycles. The van der Waals surface area contributed by atoms with Gasteiger partial charge in [-0.1, -0.05) is 0 Å². The second-order valence-corrected chi connectivity index (χ2v) is 4.10. The lowest BCUT2D eigenvalue weighted by atomic mass is 9.75. The molecule has 2 amide bonds. The number of nitrogens with one attached hydrogen (secondary N) is 1. The van der Waals surface area contributed by atoms with E-state index < -0.39 is 11.5 Å². The zero-order valence-corrected chi connectivity index (χ0v) is 8.30. The fourth-order valence-corrected chi connectivity index (χ4v) is 2.33. The maximum Gasteiger partial charge on any atom is 0.407 e. The third-order valence-electron chi connectivity index (χ3n) is 3.21. The standard InChI is InChI=1S/C10H9N3O3/c14-8-10(4-13(5-10)9(15)16)6-1-2-11-3-7(6)12-8/h1-3H,4-5H2,(H,12,14)(H,15,16). The van der Waals surface area contributed by atoms with Crippen molar-refractivity contribution in [3.8, 4) is 0 Å². The molecule has 1 fully saturated rings. The fourth-order valence-electron chi connectivity index (χ4n) is 2.33. The minimum absolute atomic E-state index is 0.131. The van der Waals surface area contributed by atoms with Crippen LogP contribution in [0.5, 0.6) is 0 Å². The molecule has 82 valence electrons. The third-order valence-corrected chi connectivity index (χ3v) is 3.21. The van der Waals surface area contributed by atoms with Crippen molar-refractivity contribution in [1.82, 2.24) is 9.88 Å². The Balaban J connectivity index is 1.99. The van der Waals surface area contributed by atoms with E-state index in [1.54, 1.807) is 18.5 Å². The summed E-state index contributed by atoms with van der Waals surface area (Å²) in [4.78, 5) is 27.7. The lowest BCUT2D eigenvalue weighted by Gasteiger charge is -2.44. The summed E-state index contributed by atoms with van der Waals surface area (Å²) in [7, 11) is 0. The molecule has 2 aliphatic rings. The van der Waals surface area contributed by atoms with Crippen LogP contribution in [0, 0.1) is 0 Å². The Hall–Kier alpha value is -2.11. The van der Waals surface area contributed by atoms with E-state index >= 15 is 0 Å². The van der Waals surface area contributed by atoms with Gasteiger partial charge in [0.1, 0.15) is 5.41 Å². The summed E-state index contributed by atoms with van der Waals surface area (Å²) >= 11 is 0. The van der Waals surface area contributed by atoms with Gasteiger partial charge in [-0.05, 0) is 11.6 Å². The van der Waals surface area contributed by atoms with Gasteiger partial charge in [0.05, 0.1) is 11.9 Å². The monoisotopic (exact) mass is 219 g/mol. The summed E-state index contributed by atoms with van der Waals surface area (Å²) in [6.07, 6.45) is 2.22. The zero-order valence-electron chi connectivity index (χ0n) is 8.30. The minimum atomic E-state index is -0.985. The van der Waals surface area contributed by atoms with Crippen LogP contribution in [0.15, 0.2) is 18.5 Å². The average Bonchev–Trinajstić information content (AvgIpc) is 2.47. The SMILES string of the molecule is O=C(O)N1CC2(C1)C(=O)Nc1cnccc12. The van der Waals surface area contributed by atoms with Crippen molar-refractivity contribution >= 4 is 17.7 Å². The van der Waals surface area contributed by atoms with Crippen molar-refractivity contribution < 1.29 is 14.7 Å². The number of amides is 2. The number of anilines is 1. The normalized spacial score (nSPS) is 20.2. The van der Waals surface area contributed by atoms with Crippen LogP contribution in [0.4, 0.5) is 10.5 Å². The molecule has 6 nitrogen and oxygen atoms in total. The molecular formula is C10H9N3O3. The van der Waals surface area contributed by atoms with E-state index in [0.717, 1.165) is 5.56 Å². The number of likely N-dealkylation sites (tertiary alicyclic amines) is 1. The van der Waals surface area contributed by atoms with Crippen molar-refractivity contribution in [2.75, 3.05) is 18.4 Å². The Kier molecular flexibility index (Phi) is 1.55. The first-order chi connectivity index (χ1) is 7.63. The van der Waals surface area contributed by atoms with Crippen LogP contribution in [0.3, 0.4) is 0 Å². The van der Waals surface area contributed by atoms with Gasteiger partial charge >= 0.3 is 6.09 Å². The van der Waals surface area contributed by atoms with Gasteiger partial charge in [-0.25, -0.2) is 4.79 Å². The van der Waals surface area contributed by atoms with Crippen LogP contribution in [0.2, 0.25) is 0 Å². The lowest BCUT2D eigenvalue weighted by molar-refractivity contribution is -0.125. The van der Waals surface area contributed by atoms with Crippen molar-refractivity contribution in [1.29, 1.82) is 0 Å². The van der Waals surface area contributed by atoms with Gasteiger partial charge < -0.3 is 15.3 Å². The Labute approximate surface area is 90.9 Å². The predicted molar refractivity (Wildman–Crippen MR) is 54.1 cm³/mol. The highest BCUT2D eigenvalue weighted by Crippen LogP contribution is 2.43. The molecule has 0 atom stereocenters. The smallest absolute Gasteiger partial charge is 0.407 e. The topological polar surface area (TPSA) is 82.5 Å². The maximum atomic E-state index is 11.8. The van der Waals surface area contributed by atoms with Crippen LogP contribution >= 0.6 is 0 Å². The summed E-state index contributed by atoms with van der Waals surface area (Å²) in [6, 6.07) is 1.77. The quantitative estimate of drug-likeness (QED) is 0.656. The molecule has 0 unspecified atom stereocenters. The molecule has 6 heteroatoms. The Morgan fingerprint density at radius 3 is 3.00 bits per heavy atom. The molecule has 0 radical (unpaired) electrons. The average molecular weight is 219 g/mol. The number of carboxylic acid groups (broad SMARTS) is 1. The number of carbonyl (C=O) groups excluding carboxylic acids is 1. The lowest BCUT2D eigenvalue weighted by Crippen LogP contribution is -2.64. The first kappa shape index (κ1) is 9.14. The summed E-state index contributed by atoms with van der Waals surface area (Å²) in [5.41, 5.74) is 0.860. The zero-order chi connectivity index (χ0) is 11.3. The molecule has 2 N–H and O–H groups in total. The molecule has 0 saturated carbocycles. The van der Waals surface area contributed by atoms with Gasteiger partial charge in [-0.15, -0.1) is 0 Å². The molecule has 0 aromatic carbocycles. The highest BCUT2D eigenvalue weighted by atomic mass is 16.4. The van der Waals surface area contributed by atoms with E-state index in [0.29, 0.717) is 5.69 Å². The largest absolute Gasteiger partial charge is 0.465 e. The first-order valence-corrected chi connectivity index (χ1v) is 4.87. The molecule has 3 heterocycles. The van der Waals surface area contributed by atoms with Gasteiger partial charge in [-0.2, -0.15) is 0 Å². The van der Waals surface area contributed by atoms with E-state index in [1.165, 1.54) is 4.90 Å². The van der Waals surface area contributed by atoms with Crippen LogP contribution in [-0.2, 0) is 10.2 Å². The number of carbonyl (C=O) groups is 2. The summed E-state index contributed by atoms with van der Waals surface area (Å²) < 4.78 is 0. The van der Waals surface area contributed by atoms with Crippen molar-refractivity contribution in [2.45, 2.75) is 5.41 Å². The molecular weight excluding hydrogens is 210 g/mol. The molecule has 16 heavy (non-hydrogen) atoms. The molecule has 3 rings (SSSR count). The van der Waals surface area contributed by atoms with E-state index in [9.17, 15) is 9.59 Å². The number of hydrogen-bond acceptors (Lipinski definition) is 3. The predicted octanol–water partition coefficient (Wildman–Crippen LogP) is 0.265. The molecule has 0 bridgehead atoms. The van der Waals surface area contributed by atoms with Crippen LogP contribution in [-0.4, -0.2) is 40.1 Å². The highest BCUT2D eigenvalue weighted by molar-refractivity contribution is 6.07. The van der Waals surface area contributed by atoms with E-state index in [2.05, 4.69) is 10.3 Å². The van der Waals surface area contributed by atoms with E-state index in [-0.39, 0.29) is 19.0 Å². The van der Waals surface area contributed by atoms with Gasteiger partial charge in [0.15, 0.2) is 0 Å². The number of aromatic nitrogens is 1. The highest BCUT2D eigenvalue weighted by Gasteiger charge is 2.56. The second-order valence-electron chi connectivity index (χ2n) is 4.10. The van der Waals surface area contributed by atoms with Gasteiger partial charge in [-0.3, -0.25) is 9.78 Å². The second kappa shape index (κ2) is 2.72. The van der Waals surface area contributed by atoms with Crippen LogP contribution in [0.25, 0.3) is 0 Å². The van der Waals surface area contributed by atoms with Crippen LogP contribution < -0.4 is 5.32 Å². The summed E-state index contributed by atoms with van der Waals surface area (Å²) in [6.45, 7) is 0.455. The van der Waals surface area contributed by atoms with E-state index in [1.807, 2.05) is 0 Å². The van der Waals surface area contributed by atoms with Gasteiger partial charge in [0.2, 0.25) is 5.91 Å². The third kappa shape index (κ3) is 0.932. The Morgan fingerprint density at radius 2 is 2.31 bits per heavy atom. The van der Waals surface area contributed by atoms with Crippen molar-refractivity contribution in [2.24, 2.45) is 0 Å². The minimum Gasteiger partial charge on any atom is -0.465 e. The van der Waals surface area contributed by atoms with E-state index in [4.69, 9.17) is 5.11 Å². The Morgan fingerprint density at radius 1 is 1.56 bits per heavy atom. The molecule has 2 aliphatic heterocycles. The summed E-state index contributed by atoms with van der Waals surface area (Å²) in [5.74, 6) is -0.131. The number of nitrogens with zero attached hydrogens (tertiary/aromatic N) is 2. The van der Waals surface area contributed by atoms with Crippen molar-refractivity contribution in [3.05, 3.63) is 24.0 Å². The van der Waals surface area contributed by atoms with Crippen LogP contribution in [0.1, 0.15) is 5.56 Å². The first-order valence-electron chi connectivity index (χ1n) is 4.87. The molecule has 1 spiro atoms. The van der Waals surface area contributed by atoms with Crippen molar-refractivity contribution in [3.63, 3.8) is 0 Å². The molecule has 1 aromatic heterocycles. The molecule has 0 aliphatic carbocycles.